The van der Waals surface area contributed by atoms with Gasteiger partial charge in [0.2, 0.25) is 11.1 Å². The standard InChI is InChI=1S/C27H30N4O3S/c1-3-4-17-35-27-28-25(33)24-22-11-7-8-12-23(22)30(18(2)32)26(31(24)29-27)19-13-15-21(16-14-19)34-20-9-5-6-10-20/h7-8,11-16,20,26H,3-6,9-10,17H2,1-2H3/p+1/t26-/m1/s1. The van der Waals surface area contributed by atoms with Gasteiger partial charge in [0, 0.05) is 23.3 Å². The molecule has 2 aliphatic rings. The quantitative estimate of drug-likeness (QED) is 0.290. The maximum absolute atomic E-state index is 13.3. The SMILES string of the molecule is CCCCSc1n[n+]2c(c(=O)[nH]1)-c1ccccc1N(C(C)=O)[C@H]2c1ccc(OC2CCCC2)cc1. The minimum absolute atomic E-state index is 0.117. The van der Waals surface area contributed by atoms with Gasteiger partial charge in [-0.1, -0.05) is 37.2 Å². The molecule has 182 valence electrons. The minimum atomic E-state index is -0.578. The molecule has 1 saturated carbocycles. The number of hydrogen-bond acceptors (Lipinski definition) is 5. The van der Waals surface area contributed by atoms with E-state index in [-0.39, 0.29) is 17.6 Å². The van der Waals surface area contributed by atoms with Gasteiger partial charge in [0.15, 0.2) is 0 Å². The van der Waals surface area contributed by atoms with Gasteiger partial charge >= 0.3 is 11.3 Å². The zero-order valence-electron chi connectivity index (χ0n) is 20.2. The summed E-state index contributed by atoms with van der Waals surface area (Å²) in [4.78, 5) is 31.0. The van der Waals surface area contributed by atoms with Crippen LogP contribution in [0.4, 0.5) is 5.69 Å². The van der Waals surface area contributed by atoms with Crippen molar-refractivity contribution in [1.29, 1.82) is 0 Å². The second kappa shape index (κ2) is 10.2. The Hall–Kier alpha value is -3.13. The van der Waals surface area contributed by atoms with Crippen molar-refractivity contribution in [2.45, 2.75) is 69.8 Å². The molecule has 0 radical (unpaired) electrons. The maximum Gasteiger partial charge on any atom is 0.325 e. The smallest absolute Gasteiger partial charge is 0.325 e. The van der Waals surface area contributed by atoms with Gasteiger partial charge in [-0.3, -0.25) is 14.6 Å². The highest BCUT2D eigenvalue weighted by Gasteiger charge is 2.44. The van der Waals surface area contributed by atoms with E-state index in [0.29, 0.717) is 22.1 Å². The first-order valence-electron chi connectivity index (χ1n) is 12.4. The van der Waals surface area contributed by atoms with E-state index < -0.39 is 6.17 Å². The number of fused-ring (bicyclic) bond motifs is 3. The molecule has 0 bridgehead atoms. The Balaban J connectivity index is 1.60. The van der Waals surface area contributed by atoms with Crippen molar-refractivity contribution in [2.24, 2.45) is 0 Å². The average molecular weight is 492 g/mol. The molecule has 8 heteroatoms. The van der Waals surface area contributed by atoms with Crippen molar-refractivity contribution in [3.63, 3.8) is 0 Å². The number of rotatable bonds is 7. The summed E-state index contributed by atoms with van der Waals surface area (Å²) in [6, 6.07) is 15.4. The number of amides is 1. The molecule has 1 N–H and O–H groups in total. The number of aromatic amines is 1. The molecule has 1 fully saturated rings. The number of benzene rings is 2. The zero-order chi connectivity index (χ0) is 24.4. The van der Waals surface area contributed by atoms with Gasteiger partial charge in [-0.05, 0) is 73.2 Å². The average Bonchev–Trinajstić information content (AvgIpc) is 3.36. The van der Waals surface area contributed by atoms with Crippen LogP contribution in [0.15, 0.2) is 58.5 Å². The number of anilines is 1. The summed E-state index contributed by atoms with van der Waals surface area (Å²) in [6.07, 6.45) is 6.40. The third-order valence-electron chi connectivity index (χ3n) is 6.62. The molecular weight excluding hydrogens is 460 g/mol. The summed E-state index contributed by atoms with van der Waals surface area (Å²) >= 11 is 1.53. The number of nitrogens with one attached hydrogen (secondary N) is 1. The number of thioether (sulfide) groups is 1. The third kappa shape index (κ3) is 4.72. The van der Waals surface area contributed by atoms with Crippen molar-refractivity contribution < 1.29 is 14.2 Å². The van der Waals surface area contributed by atoms with Crippen LogP contribution in [0.25, 0.3) is 11.3 Å². The summed E-state index contributed by atoms with van der Waals surface area (Å²) in [5, 5.41) is 5.40. The first-order chi connectivity index (χ1) is 17.1. The number of H-pyrrole nitrogens is 1. The molecule has 1 atom stereocenters. The van der Waals surface area contributed by atoms with Crippen LogP contribution in [0.5, 0.6) is 5.75 Å². The summed E-state index contributed by atoms with van der Waals surface area (Å²) in [5.41, 5.74) is 2.51. The van der Waals surface area contributed by atoms with Crippen LogP contribution in [0.2, 0.25) is 0 Å². The van der Waals surface area contributed by atoms with E-state index in [1.54, 1.807) is 16.5 Å². The van der Waals surface area contributed by atoms with Crippen molar-refractivity contribution in [1.82, 2.24) is 10.1 Å². The predicted octanol–water partition coefficient (Wildman–Crippen LogP) is 4.85. The largest absolute Gasteiger partial charge is 0.490 e. The van der Waals surface area contributed by atoms with E-state index in [9.17, 15) is 9.59 Å². The van der Waals surface area contributed by atoms with Crippen LogP contribution < -0.4 is 19.9 Å². The van der Waals surface area contributed by atoms with Crippen LogP contribution in [0, 0.1) is 0 Å². The predicted molar refractivity (Wildman–Crippen MR) is 137 cm³/mol. The number of nitrogens with zero attached hydrogens (tertiary/aromatic N) is 3. The van der Waals surface area contributed by atoms with Gasteiger partial charge in [-0.2, -0.15) is 0 Å². The number of para-hydroxylation sites is 1. The normalized spacial score (nSPS) is 17.2. The Kier molecular flexibility index (Phi) is 6.90. The molecule has 2 heterocycles. The highest BCUT2D eigenvalue weighted by Crippen LogP contribution is 2.37. The summed E-state index contributed by atoms with van der Waals surface area (Å²) in [7, 11) is 0. The molecule has 0 unspecified atom stereocenters. The minimum Gasteiger partial charge on any atom is -0.490 e. The topological polar surface area (TPSA) is 79.2 Å². The zero-order valence-corrected chi connectivity index (χ0v) is 21.0. The van der Waals surface area contributed by atoms with E-state index in [0.717, 1.165) is 42.7 Å². The lowest BCUT2D eigenvalue weighted by molar-refractivity contribution is -0.763. The Labute approximate surface area is 209 Å². The van der Waals surface area contributed by atoms with E-state index in [1.807, 2.05) is 48.5 Å². The van der Waals surface area contributed by atoms with Gasteiger partial charge in [0.25, 0.3) is 6.17 Å². The van der Waals surface area contributed by atoms with Gasteiger partial charge in [-0.15, -0.1) is 0 Å². The highest BCUT2D eigenvalue weighted by atomic mass is 32.2. The van der Waals surface area contributed by atoms with Gasteiger partial charge in [0.1, 0.15) is 5.75 Å². The fourth-order valence-electron chi connectivity index (χ4n) is 4.91. The lowest BCUT2D eigenvalue weighted by atomic mass is 10.0. The van der Waals surface area contributed by atoms with Crippen molar-refractivity contribution in [3.05, 3.63) is 64.4 Å². The van der Waals surface area contributed by atoms with Crippen molar-refractivity contribution >= 4 is 23.4 Å². The second-order valence-corrected chi connectivity index (χ2v) is 10.2. The van der Waals surface area contributed by atoms with Crippen molar-refractivity contribution in [3.8, 4) is 17.0 Å². The third-order valence-corrected chi connectivity index (χ3v) is 7.57. The van der Waals surface area contributed by atoms with Crippen molar-refractivity contribution in [2.75, 3.05) is 10.7 Å². The first-order valence-corrected chi connectivity index (χ1v) is 13.4. The molecule has 0 spiro atoms. The maximum atomic E-state index is 13.3. The lowest BCUT2D eigenvalue weighted by Crippen LogP contribution is -2.60. The molecule has 2 aromatic carbocycles. The van der Waals surface area contributed by atoms with Crippen LogP contribution in [0.1, 0.15) is 64.1 Å². The second-order valence-electron chi connectivity index (χ2n) is 9.13. The van der Waals surface area contributed by atoms with E-state index in [1.165, 1.54) is 24.6 Å². The van der Waals surface area contributed by atoms with Crippen LogP contribution in [-0.4, -0.2) is 27.8 Å². The molecule has 0 saturated heterocycles. The molecule has 35 heavy (non-hydrogen) atoms. The summed E-state index contributed by atoms with van der Waals surface area (Å²) in [5.74, 6) is 1.57. The number of ether oxygens (including phenoxy) is 1. The Bertz CT molecular complexity index is 1270. The molecule has 1 amide bonds. The monoisotopic (exact) mass is 491 g/mol. The summed E-state index contributed by atoms with van der Waals surface area (Å²) in [6.45, 7) is 3.69. The number of carbonyl (C=O) groups excluding carboxylic acids is 1. The van der Waals surface area contributed by atoms with Gasteiger partial charge < -0.3 is 4.74 Å². The first kappa shape index (κ1) is 23.6. The number of carbonyl (C=O) groups is 1. The molecular formula is C27H31N4O3S+. The van der Waals surface area contributed by atoms with Crippen LogP contribution >= 0.6 is 11.8 Å². The number of hydrogen-bond donors (Lipinski definition) is 1. The van der Waals surface area contributed by atoms with E-state index in [2.05, 4.69) is 11.9 Å². The van der Waals surface area contributed by atoms with Gasteiger partial charge in [-0.25, -0.2) is 4.90 Å². The Morgan fingerprint density at radius 2 is 1.91 bits per heavy atom. The lowest BCUT2D eigenvalue weighted by Gasteiger charge is -2.31. The summed E-state index contributed by atoms with van der Waals surface area (Å²) < 4.78 is 7.86. The molecule has 1 aliphatic heterocycles. The molecule has 3 aromatic rings. The fraction of sp³-hybridized carbons (Fsp3) is 0.407. The number of unbranched alkanes of at least 4 members (excludes halogenated alkanes) is 1. The molecule has 1 aliphatic carbocycles. The Morgan fingerprint density at radius 1 is 1.17 bits per heavy atom. The van der Waals surface area contributed by atoms with E-state index in [4.69, 9.17) is 9.84 Å². The van der Waals surface area contributed by atoms with Gasteiger partial charge in [0.05, 0.1) is 17.4 Å². The van der Waals surface area contributed by atoms with Crippen LogP contribution in [0.3, 0.4) is 0 Å². The Morgan fingerprint density at radius 3 is 2.63 bits per heavy atom. The van der Waals surface area contributed by atoms with E-state index >= 15 is 0 Å². The fourth-order valence-corrected chi connectivity index (χ4v) is 5.85. The highest BCUT2D eigenvalue weighted by molar-refractivity contribution is 7.99. The molecule has 1 aromatic heterocycles. The van der Waals surface area contributed by atoms with Crippen LogP contribution in [-0.2, 0) is 4.79 Å². The molecule has 7 nitrogen and oxygen atoms in total. The molecule has 5 rings (SSSR count). The number of aromatic nitrogens is 3.